The van der Waals surface area contributed by atoms with Crippen LogP contribution in [0.4, 0.5) is 4.39 Å². The third-order valence-corrected chi connectivity index (χ3v) is 5.10. The molecule has 1 heterocycles. The zero-order chi connectivity index (χ0) is 20.8. The molecule has 0 aromatic heterocycles. The summed E-state index contributed by atoms with van der Waals surface area (Å²) in [6, 6.07) is 15.7. The fourth-order valence-corrected chi connectivity index (χ4v) is 3.79. The summed E-state index contributed by atoms with van der Waals surface area (Å²) < 4.78 is 18.7. The Morgan fingerprint density at radius 2 is 1.79 bits per heavy atom. The molecule has 0 aliphatic carbocycles. The molecule has 0 saturated heterocycles. The van der Waals surface area contributed by atoms with Crippen molar-refractivity contribution in [2.75, 3.05) is 6.61 Å². The van der Waals surface area contributed by atoms with E-state index in [1.54, 1.807) is 24.0 Å². The zero-order valence-electron chi connectivity index (χ0n) is 16.9. The number of esters is 1. The average molecular weight is 395 g/mol. The number of carbonyl (C=O) groups is 2. The van der Waals surface area contributed by atoms with Crippen LogP contribution < -0.4 is 0 Å². The van der Waals surface area contributed by atoms with Crippen molar-refractivity contribution < 1.29 is 18.7 Å². The Labute approximate surface area is 171 Å². The molecule has 1 atom stereocenters. The van der Waals surface area contributed by atoms with Gasteiger partial charge in [-0.2, -0.15) is 0 Å². The zero-order valence-corrected chi connectivity index (χ0v) is 16.9. The number of ether oxygens (including phenoxy) is 1. The molecule has 0 spiro atoms. The second-order valence-corrected chi connectivity index (χ2v) is 7.10. The number of benzene rings is 2. The normalized spacial score (nSPS) is 16.9. The lowest BCUT2D eigenvalue weighted by atomic mass is 9.82. The number of hydrogen-bond donors (Lipinski definition) is 0. The van der Waals surface area contributed by atoms with Crippen molar-refractivity contribution in [1.29, 1.82) is 0 Å². The summed E-state index contributed by atoms with van der Waals surface area (Å²) in [7, 11) is 0. The van der Waals surface area contributed by atoms with E-state index in [1.165, 1.54) is 12.1 Å². The minimum Gasteiger partial charge on any atom is -0.463 e. The average Bonchev–Trinajstić information content (AvgIpc) is 2.72. The van der Waals surface area contributed by atoms with Crippen LogP contribution >= 0.6 is 0 Å². The van der Waals surface area contributed by atoms with Crippen LogP contribution in [0.3, 0.4) is 0 Å². The number of carbonyl (C=O) groups excluding carboxylic acids is 2. The molecule has 1 amide bonds. The number of halogens is 1. The smallest absolute Gasteiger partial charge is 0.336 e. The lowest BCUT2D eigenvalue weighted by Crippen LogP contribution is -2.39. The van der Waals surface area contributed by atoms with E-state index in [1.807, 2.05) is 37.3 Å². The van der Waals surface area contributed by atoms with Gasteiger partial charge in [-0.05, 0) is 36.6 Å². The topological polar surface area (TPSA) is 46.6 Å². The Bertz CT molecular complexity index is 890. The SMILES string of the molecule is CCCC1=C(C(=O)OCC)[C@H](c2ccccc2)CC(=O)N1Cc1ccc(F)cc1. The first kappa shape index (κ1) is 20.8. The van der Waals surface area contributed by atoms with Crippen LogP contribution in [0.1, 0.15) is 50.2 Å². The van der Waals surface area contributed by atoms with Crippen molar-refractivity contribution in [3.05, 3.63) is 82.8 Å². The monoisotopic (exact) mass is 395 g/mol. The van der Waals surface area contributed by atoms with Crippen molar-refractivity contribution in [2.24, 2.45) is 0 Å². The van der Waals surface area contributed by atoms with Gasteiger partial charge in [0.1, 0.15) is 5.82 Å². The first-order valence-corrected chi connectivity index (χ1v) is 10.0. The van der Waals surface area contributed by atoms with Gasteiger partial charge in [-0.1, -0.05) is 55.8 Å². The quantitative estimate of drug-likeness (QED) is 0.623. The minimum absolute atomic E-state index is 0.0420. The van der Waals surface area contributed by atoms with Gasteiger partial charge in [0.25, 0.3) is 0 Å². The maximum absolute atomic E-state index is 13.3. The fraction of sp³-hybridized carbons (Fsp3) is 0.333. The lowest BCUT2D eigenvalue weighted by molar-refractivity contribution is -0.140. The third kappa shape index (κ3) is 4.73. The Kier molecular flexibility index (Phi) is 6.81. The van der Waals surface area contributed by atoms with Crippen LogP contribution in [0.2, 0.25) is 0 Å². The first-order valence-electron chi connectivity index (χ1n) is 10.0. The third-order valence-electron chi connectivity index (χ3n) is 5.10. The van der Waals surface area contributed by atoms with Gasteiger partial charge in [0.2, 0.25) is 5.91 Å². The van der Waals surface area contributed by atoms with Crippen LogP contribution in [0.15, 0.2) is 65.9 Å². The van der Waals surface area contributed by atoms with Crippen molar-refractivity contribution in [2.45, 2.75) is 45.6 Å². The van der Waals surface area contributed by atoms with Gasteiger partial charge in [-0.3, -0.25) is 4.79 Å². The van der Waals surface area contributed by atoms with E-state index in [4.69, 9.17) is 4.74 Å². The molecule has 0 bridgehead atoms. The second kappa shape index (κ2) is 9.50. The van der Waals surface area contributed by atoms with Crippen molar-refractivity contribution >= 4 is 11.9 Å². The van der Waals surface area contributed by atoms with E-state index in [0.717, 1.165) is 17.5 Å². The fourth-order valence-electron chi connectivity index (χ4n) is 3.79. The highest BCUT2D eigenvalue weighted by molar-refractivity contribution is 5.96. The highest BCUT2D eigenvalue weighted by Crippen LogP contribution is 2.39. The van der Waals surface area contributed by atoms with E-state index in [-0.39, 0.29) is 36.6 Å². The maximum atomic E-state index is 13.3. The Hall–Kier alpha value is -2.95. The van der Waals surface area contributed by atoms with E-state index >= 15 is 0 Å². The van der Waals surface area contributed by atoms with Crippen molar-refractivity contribution in [3.63, 3.8) is 0 Å². The molecule has 0 N–H and O–H groups in total. The molecule has 2 aromatic rings. The minimum atomic E-state index is -0.374. The molecular weight excluding hydrogens is 369 g/mol. The maximum Gasteiger partial charge on any atom is 0.336 e. The van der Waals surface area contributed by atoms with Crippen molar-refractivity contribution in [1.82, 2.24) is 4.90 Å². The number of hydrogen-bond acceptors (Lipinski definition) is 3. The predicted molar refractivity (Wildman–Crippen MR) is 109 cm³/mol. The van der Waals surface area contributed by atoms with Crippen LogP contribution in [0.5, 0.6) is 0 Å². The summed E-state index contributed by atoms with van der Waals surface area (Å²) in [6.07, 6.45) is 1.57. The molecule has 4 nitrogen and oxygen atoms in total. The lowest BCUT2D eigenvalue weighted by Gasteiger charge is -2.36. The molecule has 29 heavy (non-hydrogen) atoms. The summed E-state index contributed by atoms with van der Waals surface area (Å²) in [5.74, 6) is -1.06. The van der Waals surface area contributed by atoms with Crippen LogP contribution in [0.25, 0.3) is 0 Å². The molecule has 0 saturated carbocycles. The molecule has 2 aromatic carbocycles. The first-order chi connectivity index (χ1) is 14.0. The predicted octanol–water partition coefficient (Wildman–Crippen LogP) is 4.96. The summed E-state index contributed by atoms with van der Waals surface area (Å²) in [5.41, 5.74) is 3.01. The highest BCUT2D eigenvalue weighted by atomic mass is 19.1. The molecule has 1 aliphatic heterocycles. The van der Waals surface area contributed by atoms with Crippen LogP contribution in [-0.4, -0.2) is 23.4 Å². The number of rotatable bonds is 7. The largest absolute Gasteiger partial charge is 0.463 e. The van der Waals surface area contributed by atoms with Gasteiger partial charge in [0, 0.05) is 18.0 Å². The van der Waals surface area contributed by atoms with Gasteiger partial charge >= 0.3 is 5.97 Å². The van der Waals surface area contributed by atoms with Gasteiger partial charge in [-0.25, -0.2) is 9.18 Å². The molecule has 0 fully saturated rings. The summed E-state index contributed by atoms with van der Waals surface area (Å²) >= 11 is 0. The van der Waals surface area contributed by atoms with Gasteiger partial charge in [-0.15, -0.1) is 0 Å². The molecule has 1 aliphatic rings. The number of amides is 1. The molecule has 0 unspecified atom stereocenters. The van der Waals surface area contributed by atoms with Crippen LogP contribution in [-0.2, 0) is 20.9 Å². The van der Waals surface area contributed by atoms with Gasteiger partial charge in [0.15, 0.2) is 0 Å². The Balaban J connectivity index is 2.08. The van der Waals surface area contributed by atoms with E-state index < -0.39 is 0 Å². The molecular formula is C24H26FNO3. The van der Waals surface area contributed by atoms with Crippen LogP contribution in [0, 0.1) is 5.82 Å². The Morgan fingerprint density at radius 3 is 2.41 bits per heavy atom. The van der Waals surface area contributed by atoms with Crippen molar-refractivity contribution in [3.8, 4) is 0 Å². The van der Waals surface area contributed by atoms with E-state index in [9.17, 15) is 14.0 Å². The molecule has 152 valence electrons. The number of allylic oxidation sites excluding steroid dienone is 1. The highest BCUT2D eigenvalue weighted by Gasteiger charge is 2.38. The standard InChI is InChI=1S/C24H26FNO3/c1-3-8-21-23(24(28)29-4-2)20(18-9-6-5-7-10-18)15-22(27)26(21)16-17-11-13-19(25)14-12-17/h5-7,9-14,20H,3-4,8,15-16H2,1-2H3/t20-/m0/s1. The second-order valence-electron chi connectivity index (χ2n) is 7.10. The van der Waals surface area contributed by atoms with Gasteiger partial charge in [0.05, 0.1) is 18.7 Å². The summed E-state index contributed by atoms with van der Waals surface area (Å²) in [4.78, 5) is 27.7. The Morgan fingerprint density at radius 1 is 1.10 bits per heavy atom. The van der Waals surface area contributed by atoms with E-state index in [0.29, 0.717) is 24.2 Å². The summed E-state index contributed by atoms with van der Waals surface area (Å²) in [5, 5.41) is 0. The molecule has 3 rings (SSSR count). The number of nitrogens with zero attached hydrogens (tertiary/aromatic N) is 1. The molecule has 0 radical (unpaired) electrons. The van der Waals surface area contributed by atoms with Gasteiger partial charge < -0.3 is 9.64 Å². The molecule has 5 heteroatoms. The van der Waals surface area contributed by atoms with E-state index in [2.05, 4.69) is 0 Å². The summed E-state index contributed by atoms with van der Waals surface area (Å²) in [6.45, 7) is 4.37.